The molecule has 3 rings (SSSR count). The topological polar surface area (TPSA) is 104 Å². The molecule has 3 N–H and O–H groups in total. The number of fused-ring (bicyclic) bond motifs is 1. The minimum absolute atomic E-state index is 0.216. The summed E-state index contributed by atoms with van der Waals surface area (Å²) in [6.45, 7) is 1.89. The van der Waals surface area contributed by atoms with Gasteiger partial charge < -0.3 is 10.4 Å². The Morgan fingerprint density at radius 3 is 2.75 bits per heavy atom. The van der Waals surface area contributed by atoms with E-state index in [-0.39, 0.29) is 11.7 Å². The van der Waals surface area contributed by atoms with Gasteiger partial charge in [-0.2, -0.15) is 0 Å². The third-order valence-corrected chi connectivity index (χ3v) is 5.60. The first-order valence-corrected chi connectivity index (χ1v) is 8.37. The number of aromatic nitrogens is 2. The van der Waals surface area contributed by atoms with Crippen molar-refractivity contribution in [1.82, 2.24) is 9.97 Å². The largest absolute Gasteiger partial charge is 0.465 e. The number of carbonyl (C=O) groups excluding carboxylic acids is 1. The zero-order valence-corrected chi connectivity index (χ0v) is 14.7. The van der Waals surface area contributed by atoms with Crippen LogP contribution in [-0.4, -0.2) is 27.1 Å². The first-order valence-electron chi connectivity index (χ1n) is 6.76. The molecular weight excluding hydrogens is 396 g/mol. The van der Waals surface area contributed by atoms with Crippen LogP contribution < -0.4 is 10.6 Å². The molecule has 0 unspecified atom stereocenters. The first kappa shape index (κ1) is 16.3. The fraction of sp³-hybridized carbons (Fsp3) is 0.0667. The van der Waals surface area contributed by atoms with E-state index >= 15 is 0 Å². The summed E-state index contributed by atoms with van der Waals surface area (Å²) in [5.41, 5.74) is 0.930. The number of nitrogens with zero attached hydrogens (tertiary/aromatic N) is 2. The average Bonchev–Trinajstić information content (AvgIpc) is 2.86. The van der Waals surface area contributed by atoms with Crippen LogP contribution in [0.1, 0.15) is 15.2 Å². The zero-order chi connectivity index (χ0) is 17.3. The van der Waals surface area contributed by atoms with E-state index in [1.54, 1.807) is 18.3 Å². The second-order valence-electron chi connectivity index (χ2n) is 4.82. The van der Waals surface area contributed by atoms with Gasteiger partial charge >= 0.3 is 6.09 Å². The van der Waals surface area contributed by atoms with Crippen LogP contribution in [0.15, 0.2) is 35.2 Å². The number of thiophene rings is 1. The minimum atomic E-state index is -1.20. The number of nitrogens with one attached hydrogen (secondary N) is 2. The summed E-state index contributed by atoms with van der Waals surface area (Å²) in [5, 5.41) is 14.6. The van der Waals surface area contributed by atoms with Crippen molar-refractivity contribution in [2.45, 2.75) is 6.92 Å². The number of anilines is 2. The number of pyridine rings is 2. The van der Waals surface area contributed by atoms with Crippen LogP contribution in [0.25, 0.3) is 10.1 Å². The highest BCUT2D eigenvalue weighted by atomic mass is 79.9. The highest BCUT2D eigenvalue weighted by molar-refractivity contribution is 9.10. The highest BCUT2D eigenvalue weighted by Crippen LogP contribution is 2.42. The van der Waals surface area contributed by atoms with Gasteiger partial charge in [0.15, 0.2) is 0 Å². The van der Waals surface area contributed by atoms with E-state index < -0.39 is 6.09 Å². The standard InChI is InChI=1S/C15H11BrN4O3S/c1-7-11(16)10-12(24-7)9(6-18-13(10)20-15(22)23)19-14(21)8-3-2-4-17-5-8/h2-6H,1H3,(H,18,20)(H,19,21)(H,22,23). The SMILES string of the molecule is Cc1sc2c(NC(=O)c3cccnc3)cnc(NC(=O)O)c2c1Br. The molecule has 0 aliphatic rings. The molecule has 0 fully saturated rings. The van der Waals surface area contributed by atoms with E-state index in [0.717, 1.165) is 14.0 Å². The summed E-state index contributed by atoms with van der Waals surface area (Å²) >= 11 is 4.89. The van der Waals surface area contributed by atoms with E-state index in [9.17, 15) is 9.59 Å². The lowest BCUT2D eigenvalue weighted by molar-refractivity contribution is 0.102. The maximum atomic E-state index is 12.3. The number of aryl methyl sites for hydroxylation is 1. The van der Waals surface area contributed by atoms with Gasteiger partial charge in [-0.15, -0.1) is 11.3 Å². The van der Waals surface area contributed by atoms with Gasteiger partial charge in [0.1, 0.15) is 5.82 Å². The lowest BCUT2D eigenvalue weighted by Gasteiger charge is -2.09. The van der Waals surface area contributed by atoms with Gasteiger partial charge in [-0.3, -0.25) is 15.1 Å². The van der Waals surface area contributed by atoms with Crippen LogP contribution in [0.3, 0.4) is 0 Å². The van der Waals surface area contributed by atoms with Crippen LogP contribution in [0, 0.1) is 6.92 Å². The van der Waals surface area contributed by atoms with Crippen molar-refractivity contribution < 1.29 is 14.7 Å². The predicted octanol–water partition coefficient (Wildman–Crippen LogP) is 4.10. The Morgan fingerprint density at radius 1 is 1.29 bits per heavy atom. The smallest absolute Gasteiger partial charge is 0.410 e. The molecule has 3 heterocycles. The first-order chi connectivity index (χ1) is 11.5. The van der Waals surface area contributed by atoms with E-state index in [1.165, 1.54) is 23.7 Å². The maximum absolute atomic E-state index is 12.3. The van der Waals surface area contributed by atoms with Crippen LogP contribution in [-0.2, 0) is 0 Å². The number of hydrogen-bond acceptors (Lipinski definition) is 5. The number of halogens is 1. The molecule has 0 spiro atoms. The Morgan fingerprint density at radius 2 is 2.08 bits per heavy atom. The highest BCUT2D eigenvalue weighted by Gasteiger charge is 2.18. The molecule has 0 aliphatic heterocycles. The molecule has 0 aromatic carbocycles. The monoisotopic (exact) mass is 406 g/mol. The summed E-state index contributed by atoms with van der Waals surface area (Å²) in [7, 11) is 0. The van der Waals surface area contributed by atoms with Crippen LogP contribution >= 0.6 is 27.3 Å². The predicted molar refractivity (Wildman–Crippen MR) is 95.9 cm³/mol. The summed E-state index contributed by atoms with van der Waals surface area (Å²) < 4.78 is 1.48. The Labute approximate surface area is 148 Å². The second kappa shape index (κ2) is 6.54. The number of rotatable bonds is 3. The Kier molecular flexibility index (Phi) is 4.45. The number of carbonyl (C=O) groups is 2. The van der Waals surface area contributed by atoms with E-state index in [0.29, 0.717) is 16.6 Å². The van der Waals surface area contributed by atoms with Crippen molar-refractivity contribution in [3.8, 4) is 0 Å². The molecule has 7 nitrogen and oxygen atoms in total. The normalized spacial score (nSPS) is 10.6. The van der Waals surface area contributed by atoms with Crippen molar-refractivity contribution in [1.29, 1.82) is 0 Å². The molecule has 3 aromatic rings. The van der Waals surface area contributed by atoms with Crippen molar-refractivity contribution in [3.63, 3.8) is 0 Å². The van der Waals surface area contributed by atoms with E-state index in [4.69, 9.17) is 5.11 Å². The fourth-order valence-corrected chi connectivity index (χ4v) is 3.93. The van der Waals surface area contributed by atoms with Crippen LogP contribution in [0.2, 0.25) is 0 Å². The molecule has 0 saturated heterocycles. The zero-order valence-electron chi connectivity index (χ0n) is 12.3. The number of carboxylic acid groups (broad SMARTS) is 1. The van der Waals surface area contributed by atoms with Crippen LogP contribution in [0.4, 0.5) is 16.3 Å². The van der Waals surface area contributed by atoms with Gasteiger partial charge in [-0.25, -0.2) is 9.78 Å². The van der Waals surface area contributed by atoms with E-state index in [2.05, 4.69) is 36.5 Å². The van der Waals surface area contributed by atoms with Gasteiger partial charge in [0.25, 0.3) is 5.91 Å². The molecule has 122 valence electrons. The van der Waals surface area contributed by atoms with Gasteiger partial charge in [0, 0.05) is 21.7 Å². The number of amides is 2. The summed E-state index contributed by atoms with van der Waals surface area (Å²) in [6.07, 6.45) is 3.29. The molecule has 24 heavy (non-hydrogen) atoms. The molecular formula is C15H11BrN4O3S. The summed E-state index contributed by atoms with van der Waals surface area (Å²) in [4.78, 5) is 32.2. The molecule has 0 bridgehead atoms. The number of hydrogen-bond donors (Lipinski definition) is 3. The van der Waals surface area contributed by atoms with Gasteiger partial charge in [-0.05, 0) is 35.0 Å². The van der Waals surface area contributed by atoms with E-state index in [1.807, 2.05) is 6.92 Å². The Bertz CT molecular complexity index is 943. The quantitative estimate of drug-likeness (QED) is 0.606. The summed E-state index contributed by atoms with van der Waals surface area (Å²) in [5.74, 6) is -0.0968. The third-order valence-electron chi connectivity index (χ3n) is 3.21. The minimum Gasteiger partial charge on any atom is -0.465 e. The molecule has 0 saturated carbocycles. The Hall–Kier alpha value is -2.52. The lowest BCUT2D eigenvalue weighted by atomic mass is 10.2. The Balaban J connectivity index is 2.05. The van der Waals surface area contributed by atoms with Crippen molar-refractivity contribution >= 4 is 60.9 Å². The molecule has 2 amide bonds. The molecule has 3 aromatic heterocycles. The molecule has 0 atom stereocenters. The van der Waals surface area contributed by atoms with Crippen LogP contribution in [0.5, 0.6) is 0 Å². The van der Waals surface area contributed by atoms with Crippen molar-refractivity contribution in [3.05, 3.63) is 45.6 Å². The van der Waals surface area contributed by atoms with Crippen molar-refractivity contribution in [2.24, 2.45) is 0 Å². The van der Waals surface area contributed by atoms with Gasteiger partial charge in [0.2, 0.25) is 0 Å². The second-order valence-corrected chi connectivity index (χ2v) is 6.84. The van der Waals surface area contributed by atoms with Crippen molar-refractivity contribution in [2.75, 3.05) is 10.6 Å². The maximum Gasteiger partial charge on any atom is 0.410 e. The molecule has 0 radical (unpaired) electrons. The van der Waals surface area contributed by atoms with Gasteiger partial charge in [-0.1, -0.05) is 0 Å². The summed E-state index contributed by atoms with van der Waals surface area (Å²) in [6, 6.07) is 3.33. The molecule has 0 aliphatic carbocycles. The van der Waals surface area contributed by atoms with Gasteiger partial charge in [0.05, 0.1) is 27.5 Å². The lowest BCUT2D eigenvalue weighted by Crippen LogP contribution is -2.13. The fourth-order valence-electron chi connectivity index (χ4n) is 2.15. The average molecular weight is 407 g/mol. The third kappa shape index (κ3) is 3.08. The molecule has 9 heteroatoms.